The van der Waals surface area contributed by atoms with Gasteiger partial charge in [-0.15, -0.1) is 0 Å². The molecule has 1 aliphatic heterocycles. The van der Waals surface area contributed by atoms with E-state index in [9.17, 15) is 4.79 Å². The van der Waals surface area contributed by atoms with Gasteiger partial charge in [0.05, 0.1) is 5.56 Å². The number of hydrogen-bond acceptors (Lipinski definition) is 4. The Morgan fingerprint density at radius 2 is 2.12 bits per heavy atom. The first-order valence-electron chi connectivity index (χ1n) is 9.80. The van der Waals surface area contributed by atoms with Crippen molar-refractivity contribution < 1.29 is 4.79 Å². The first-order chi connectivity index (χ1) is 12.8. The molecule has 1 atom stereocenters. The molecule has 2 fully saturated rings. The van der Waals surface area contributed by atoms with Gasteiger partial charge >= 0.3 is 0 Å². The summed E-state index contributed by atoms with van der Waals surface area (Å²) in [6, 6.07) is 6.63. The number of carbonyl (C=O) groups is 1. The quantitative estimate of drug-likeness (QED) is 0.865. The van der Waals surface area contributed by atoms with E-state index >= 15 is 0 Å². The van der Waals surface area contributed by atoms with Crippen LogP contribution in [0.1, 0.15) is 55.3 Å². The van der Waals surface area contributed by atoms with Crippen molar-refractivity contribution >= 4 is 11.7 Å². The Bertz CT molecular complexity index is 708. The molecule has 4 rings (SSSR count). The van der Waals surface area contributed by atoms with Crippen LogP contribution in [0.4, 0.5) is 5.82 Å². The van der Waals surface area contributed by atoms with E-state index in [-0.39, 0.29) is 11.9 Å². The molecule has 138 valence electrons. The van der Waals surface area contributed by atoms with Crippen LogP contribution in [-0.4, -0.2) is 44.2 Å². The summed E-state index contributed by atoms with van der Waals surface area (Å²) in [6.07, 6.45) is 13.5. The van der Waals surface area contributed by atoms with Crippen LogP contribution in [0.3, 0.4) is 0 Å². The van der Waals surface area contributed by atoms with Gasteiger partial charge in [0, 0.05) is 43.8 Å². The molecule has 0 aromatic carbocycles. The monoisotopic (exact) mass is 353 g/mol. The number of likely N-dealkylation sites (tertiary alicyclic amines) is 1. The maximum atomic E-state index is 13.0. The number of hydrogen-bond donors (Lipinski definition) is 1. The number of nitrogens with zero attached hydrogens (tertiary/aromatic N) is 4. The summed E-state index contributed by atoms with van der Waals surface area (Å²) in [6.45, 7) is 1.69. The molecule has 1 saturated carbocycles. The molecule has 26 heavy (non-hydrogen) atoms. The summed E-state index contributed by atoms with van der Waals surface area (Å²) in [5, 5.41) is 7.69. The Morgan fingerprint density at radius 3 is 2.81 bits per heavy atom. The second-order valence-corrected chi connectivity index (χ2v) is 7.41. The van der Waals surface area contributed by atoms with E-state index in [1.54, 1.807) is 12.4 Å². The minimum atomic E-state index is 0.109. The summed E-state index contributed by atoms with van der Waals surface area (Å²) >= 11 is 0. The maximum Gasteiger partial charge on any atom is 0.255 e. The number of anilines is 1. The highest BCUT2D eigenvalue weighted by Gasteiger charge is 2.27. The standard InChI is InChI=1S/C20H27N5O/c26-20(16-8-9-19(21-15-16)23-17-5-3-6-17)25-13-2-1-7-18(25)10-14-24-12-4-11-22-24/h4,8-9,11-12,15,17-18H,1-3,5-7,10,13-14H2,(H,21,23)/t18-/m1/s1. The normalized spacial score (nSPS) is 20.6. The van der Waals surface area contributed by atoms with Gasteiger partial charge in [-0.1, -0.05) is 0 Å². The molecular weight excluding hydrogens is 326 g/mol. The van der Waals surface area contributed by atoms with E-state index in [4.69, 9.17) is 0 Å². The highest BCUT2D eigenvalue weighted by atomic mass is 16.2. The molecule has 2 aliphatic rings. The van der Waals surface area contributed by atoms with Crippen LogP contribution in [-0.2, 0) is 6.54 Å². The van der Waals surface area contributed by atoms with E-state index in [0.717, 1.165) is 38.2 Å². The molecule has 1 amide bonds. The van der Waals surface area contributed by atoms with Gasteiger partial charge in [0.1, 0.15) is 5.82 Å². The number of carbonyl (C=O) groups excluding carboxylic acids is 1. The first kappa shape index (κ1) is 17.1. The van der Waals surface area contributed by atoms with E-state index in [0.29, 0.717) is 11.6 Å². The molecule has 2 aromatic rings. The number of amides is 1. The third-order valence-corrected chi connectivity index (χ3v) is 5.61. The summed E-state index contributed by atoms with van der Waals surface area (Å²) in [4.78, 5) is 19.5. The molecule has 0 unspecified atom stereocenters. The number of piperidine rings is 1. The molecule has 1 saturated heterocycles. The Labute approximate surface area is 154 Å². The summed E-state index contributed by atoms with van der Waals surface area (Å²) in [7, 11) is 0. The molecule has 3 heterocycles. The number of nitrogens with one attached hydrogen (secondary N) is 1. The fourth-order valence-corrected chi connectivity index (χ4v) is 3.82. The minimum Gasteiger partial charge on any atom is -0.367 e. The second-order valence-electron chi connectivity index (χ2n) is 7.41. The third kappa shape index (κ3) is 3.89. The van der Waals surface area contributed by atoms with Crippen molar-refractivity contribution in [1.29, 1.82) is 0 Å². The zero-order valence-corrected chi connectivity index (χ0v) is 15.2. The zero-order chi connectivity index (χ0) is 17.8. The van der Waals surface area contributed by atoms with Gasteiger partial charge in [-0.05, 0) is 63.1 Å². The predicted octanol–water partition coefficient (Wildman–Crippen LogP) is 3.33. The number of aryl methyl sites for hydroxylation is 1. The summed E-state index contributed by atoms with van der Waals surface area (Å²) in [5.41, 5.74) is 0.690. The van der Waals surface area contributed by atoms with Gasteiger partial charge in [-0.2, -0.15) is 5.10 Å². The largest absolute Gasteiger partial charge is 0.367 e. The highest BCUT2D eigenvalue weighted by Crippen LogP contribution is 2.24. The van der Waals surface area contributed by atoms with E-state index < -0.39 is 0 Å². The van der Waals surface area contributed by atoms with Crippen LogP contribution in [0.5, 0.6) is 0 Å². The molecule has 6 heteroatoms. The lowest BCUT2D eigenvalue weighted by Gasteiger charge is -2.36. The van der Waals surface area contributed by atoms with Crippen molar-refractivity contribution in [3.63, 3.8) is 0 Å². The van der Waals surface area contributed by atoms with Gasteiger partial charge in [-0.25, -0.2) is 4.98 Å². The van der Waals surface area contributed by atoms with Crippen LogP contribution < -0.4 is 5.32 Å². The SMILES string of the molecule is O=C(c1ccc(NC2CCC2)nc1)N1CCCC[C@@H]1CCn1cccn1. The van der Waals surface area contributed by atoms with Gasteiger partial charge in [0.2, 0.25) is 0 Å². The Hall–Kier alpha value is -2.37. The summed E-state index contributed by atoms with van der Waals surface area (Å²) in [5.74, 6) is 0.984. The lowest BCUT2D eigenvalue weighted by Crippen LogP contribution is -2.44. The van der Waals surface area contributed by atoms with Crippen molar-refractivity contribution in [3.05, 3.63) is 42.4 Å². The Kier molecular flexibility index (Phi) is 5.18. The zero-order valence-electron chi connectivity index (χ0n) is 15.2. The smallest absolute Gasteiger partial charge is 0.255 e. The van der Waals surface area contributed by atoms with Crippen LogP contribution in [0.15, 0.2) is 36.8 Å². The molecular formula is C20H27N5O. The number of aromatic nitrogens is 3. The fraction of sp³-hybridized carbons (Fsp3) is 0.550. The molecule has 0 radical (unpaired) electrons. The second kappa shape index (κ2) is 7.89. The van der Waals surface area contributed by atoms with Gasteiger partial charge < -0.3 is 10.2 Å². The number of pyridine rings is 1. The van der Waals surface area contributed by atoms with Crippen LogP contribution in [0.25, 0.3) is 0 Å². The molecule has 1 aliphatic carbocycles. The predicted molar refractivity (Wildman–Crippen MR) is 101 cm³/mol. The average molecular weight is 353 g/mol. The lowest BCUT2D eigenvalue weighted by atomic mass is 9.93. The topological polar surface area (TPSA) is 63.1 Å². The lowest BCUT2D eigenvalue weighted by molar-refractivity contribution is 0.0593. The van der Waals surface area contributed by atoms with Crippen LogP contribution in [0.2, 0.25) is 0 Å². The van der Waals surface area contributed by atoms with E-state index in [1.807, 2.05) is 34.0 Å². The average Bonchev–Trinajstić information content (AvgIpc) is 3.17. The molecule has 6 nitrogen and oxygen atoms in total. The van der Waals surface area contributed by atoms with Crippen LogP contribution in [0, 0.1) is 0 Å². The van der Waals surface area contributed by atoms with Gasteiger partial charge in [-0.3, -0.25) is 9.48 Å². The summed E-state index contributed by atoms with van der Waals surface area (Å²) < 4.78 is 1.94. The molecule has 2 aromatic heterocycles. The molecule has 0 spiro atoms. The van der Waals surface area contributed by atoms with E-state index in [2.05, 4.69) is 15.4 Å². The van der Waals surface area contributed by atoms with Gasteiger partial charge in [0.25, 0.3) is 5.91 Å². The Morgan fingerprint density at radius 1 is 1.19 bits per heavy atom. The van der Waals surface area contributed by atoms with Crippen molar-refractivity contribution in [2.24, 2.45) is 0 Å². The molecule has 1 N–H and O–H groups in total. The Balaban J connectivity index is 1.39. The highest BCUT2D eigenvalue weighted by molar-refractivity contribution is 5.94. The number of rotatable bonds is 6. The van der Waals surface area contributed by atoms with Crippen molar-refractivity contribution in [2.75, 3.05) is 11.9 Å². The van der Waals surface area contributed by atoms with Crippen molar-refractivity contribution in [1.82, 2.24) is 19.7 Å². The van der Waals surface area contributed by atoms with Crippen molar-refractivity contribution in [3.8, 4) is 0 Å². The van der Waals surface area contributed by atoms with Gasteiger partial charge in [0.15, 0.2) is 0 Å². The van der Waals surface area contributed by atoms with E-state index in [1.165, 1.54) is 25.7 Å². The third-order valence-electron chi connectivity index (χ3n) is 5.61. The van der Waals surface area contributed by atoms with Crippen LogP contribution >= 0.6 is 0 Å². The fourth-order valence-electron chi connectivity index (χ4n) is 3.82. The molecule has 0 bridgehead atoms. The first-order valence-corrected chi connectivity index (χ1v) is 9.80. The van der Waals surface area contributed by atoms with Crippen molar-refractivity contribution in [2.45, 2.75) is 63.6 Å². The minimum absolute atomic E-state index is 0.109. The maximum absolute atomic E-state index is 13.0.